The van der Waals surface area contributed by atoms with Crippen molar-refractivity contribution in [1.82, 2.24) is 10.2 Å². The molecule has 5 heteroatoms. The van der Waals surface area contributed by atoms with Crippen LogP contribution in [0, 0.1) is 5.92 Å². The molecular weight excluding hydrogens is 302 g/mol. The van der Waals surface area contributed by atoms with Gasteiger partial charge in [0, 0.05) is 43.4 Å². The lowest BCUT2D eigenvalue weighted by molar-refractivity contribution is 0.201. The van der Waals surface area contributed by atoms with Crippen molar-refractivity contribution in [2.75, 3.05) is 25.0 Å². The number of hydrogen-bond donors (Lipinski definition) is 1. The van der Waals surface area contributed by atoms with Crippen LogP contribution in [0.25, 0.3) is 0 Å². The maximum Gasteiger partial charge on any atom is 0.173 e. The van der Waals surface area contributed by atoms with Crippen molar-refractivity contribution in [3.05, 3.63) is 28.8 Å². The zero-order chi connectivity index (χ0) is 15.0. The molecule has 1 atom stereocenters. The van der Waals surface area contributed by atoms with Crippen LogP contribution in [-0.4, -0.2) is 36.2 Å². The van der Waals surface area contributed by atoms with Gasteiger partial charge in [-0.05, 0) is 61.7 Å². The molecule has 1 fully saturated rings. The maximum atomic E-state index is 6.21. The van der Waals surface area contributed by atoms with E-state index >= 15 is 0 Å². The summed E-state index contributed by atoms with van der Waals surface area (Å²) >= 11 is 11.7. The van der Waals surface area contributed by atoms with Crippen LogP contribution in [0.1, 0.15) is 25.3 Å². The van der Waals surface area contributed by atoms with E-state index in [-0.39, 0.29) is 0 Å². The summed E-state index contributed by atoms with van der Waals surface area (Å²) in [4.78, 5) is 4.78. The summed E-state index contributed by atoms with van der Waals surface area (Å²) in [7, 11) is 1.88. The lowest BCUT2D eigenvalue weighted by Gasteiger charge is -2.30. The van der Waals surface area contributed by atoms with Gasteiger partial charge in [0.15, 0.2) is 5.11 Å². The van der Waals surface area contributed by atoms with Crippen molar-refractivity contribution < 1.29 is 0 Å². The smallest absolute Gasteiger partial charge is 0.173 e. The maximum absolute atomic E-state index is 6.21. The van der Waals surface area contributed by atoms with Crippen LogP contribution in [0.3, 0.4) is 0 Å². The first-order valence-corrected chi connectivity index (χ1v) is 8.39. The van der Waals surface area contributed by atoms with Gasteiger partial charge in [-0.15, -0.1) is 0 Å². The lowest BCUT2D eigenvalue weighted by Crippen LogP contribution is -2.45. The first kappa shape index (κ1) is 15.1. The molecule has 1 N–H and O–H groups in total. The highest BCUT2D eigenvalue weighted by Gasteiger charge is 2.31. The number of anilines is 1. The third-order valence-corrected chi connectivity index (χ3v) is 5.08. The van der Waals surface area contributed by atoms with Gasteiger partial charge in [-0.2, -0.15) is 0 Å². The average Bonchev–Trinajstić information content (AvgIpc) is 3.28. The van der Waals surface area contributed by atoms with E-state index < -0.39 is 0 Å². The van der Waals surface area contributed by atoms with Crippen LogP contribution in [0.15, 0.2) is 18.2 Å². The number of rotatable bonds is 2. The molecule has 1 aromatic rings. The van der Waals surface area contributed by atoms with Crippen molar-refractivity contribution in [2.24, 2.45) is 5.92 Å². The van der Waals surface area contributed by atoms with Crippen molar-refractivity contribution in [3.63, 3.8) is 0 Å². The number of fused-ring (bicyclic) bond motifs is 1. The monoisotopic (exact) mass is 323 g/mol. The van der Waals surface area contributed by atoms with Crippen LogP contribution >= 0.6 is 23.8 Å². The molecular formula is C16H22ClN3S. The first-order valence-electron chi connectivity index (χ1n) is 7.60. The van der Waals surface area contributed by atoms with Crippen LogP contribution in [-0.2, 0) is 6.54 Å². The fourth-order valence-corrected chi connectivity index (χ4v) is 3.37. The molecule has 2 aliphatic rings. The molecule has 3 nitrogen and oxygen atoms in total. The molecule has 0 saturated heterocycles. The standard InChI is InChI=1S/C16H22ClN3S/c1-11-8-20(16(21)18-2)15-6-5-14(17)7-13(15)10-19(11)9-12-3-4-12/h5-7,11-12H,3-4,8-10H2,1-2H3,(H,18,21)/t11-/m0/s1. The van der Waals surface area contributed by atoms with Gasteiger partial charge in [-0.25, -0.2) is 0 Å². The van der Waals surface area contributed by atoms with E-state index in [1.807, 2.05) is 13.1 Å². The third-order valence-electron chi connectivity index (χ3n) is 4.42. The Bertz CT molecular complexity index is 544. The molecule has 0 bridgehead atoms. The van der Waals surface area contributed by atoms with E-state index in [4.69, 9.17) is 23.8 Å². The first-order chi connectivity index (χ1) is 10.1. The van der Waals surface area contributed by atoms with Crippen LogP contribution < -0.4 is 10.2 Å². The highest BCUT2D eigenvalue weighted by atomic mass is 35.5. The SMILES string of the molecule is CNC(=S)N1C[C@H](C)N(CC2CC2)Cc2cc(Cl)ccc21. The van der Waals surface area contributed by atoms with Gasteiger partial charge in [0.25, 0.3) is 0 Å². The number of nitrogens with zero attached hydrogens (tertiary/aromatic N) is 2. The topological polar surface area (TPSA) is 18.5 Å². The van der Waals surface area contributed by atoms with Crippen LogP contribution in [0.2, 0.25) is 5.02 Å². The van der Waals surface area contributed by atoms with E-state index in [1.165, 1.54) is 30.6 Å². The number of benzene rings is 1. The van der Waals surface area contributed by atoms with E-state index in [1.54, 1.807) is 0 Å². The Morgan fingerprint density at radius 3 is 2.86 bits per heavy atom. The number of hydrogen-bond acceptors (Lipinski definition) is 2. The Labute approximate surface area is 137 Å². The van der Waals surface area contributed by atoms with E-state index in [2.05, 4.69) is 34.2 Å². The minimum atomic E-state index is 0.475. The van der Waals surface area contributed by atoms with Gasteiger partial charge in [-0.1, -0.05) is 11.6 Å². The largest absolute Gasteiger partial charge is 0.365 e. The molecule has 114 valence electrons. The Kier molecular flexibility index (Phi) is 4.38. The molecule has 1 saturated carbocycles. The quantitative estimate of drug-likeness (QED) is 0.842. The fraction of sp³-hybridized carbons (Fsp3) is 0.562. The summed E-state index contributed by atoms with van der Waals surface area (Å²) in [5.41, 5.74) is 2.45. The number of nitrogens with one attached hydrogen (secondary N) is 1. The summed E-state index contributed by atoms with van der Waals surface area (Å²) in [6, 6.07) is 6.60. The zero-order valence-corrected chi connectivity index (χ0v) is 14.2. The summed E-state index contributed by atoms with van der Waals surface area (Å²) in [5, 5.41) is 4.69. The van der Waals surface area contributed by atoms with Crippen molar-refractivity contribution in [1.29, 1.82) is 0 Å². The molecule has 1 aliphatic carbocycles. The van der Waals surface area contributed by atoms with Crippen molar-refractivity contribution >= 4 is 34.6 Å². The second-order valence-electron chi connectivity index (χ2n) is 6.16. The Hall–Kier alpha value is -0.840. The van der Waals surface area contributed by atoms with Crippen LogP contribution in [0.5, 0.6) is 0 Å². The molecule has 0 unspecified atom stereocenters. The molecule has 0 aromatic heterocycles. The minimum Gasteiger partial charge on any atom is -0.365 e. The second kappa shape index (κ2) is 6.11. The molecule has 0 radical (unpaired) electrons. The van der Waals surface area contributed by atoms with Gasteiger partial charge in [0.2, 0.25) is 0 Å². The van der Waals surface area contributed by atoms with Gasteiger partial charge in [0.05, 0.1) is 0 Å². The highest BCUT2D eigenvalue weighted by Crippen LogP contribution is 2.34. The van der Waals surface area contributed by atoms with Gasteiger partial charge in [0.1, 0.15) is 0 Å². The summed E-state index contributed by atoms with van der Waals surface area (Å²) < 4.78 is 0. The van der Waals surface area contributed by atoms with E-state index in [0.29, 0.717) is 6.04 Å². The normalized spacial score (nSPS) is 22.6. The lowest BCUT2D eigenvalue weighted by atomic mass is 10.1. The summed E-state index contributed by atoms with van der Waals surface area (Å²) in [6.07, 6.45) is 2.76. The molecule has 0 amide bonds. The Balaban J connectivity index is 1.93. The molecule has 3 rings (SSSR count). The Morgan fingerprint density at radius 1 is 1.43 bits per heavy atom. The van der Waals surface area contributed by atoms with E-state index in [0.717, 1.165) is 29.1 Å². The molecule has 0 spiro atoms. The highest BCUT2D eigenvalue weighted by molar-refractivity contribution is 7.80. The summed E-state index contributed by atoms with van der Waals surface area (Å²) in [6.45, 7) is 5.35. The van der Waals surface area contributed by atoms with Gasteiger partial charge < -0.3 is 10.2 Å². The fourth-order valence-electron chi connectivity index (χ4n) is 3.00. The zero-order valence-electron chi connectivity index (χ0n) is 12.6. The average molecular weight is 324 g/mol. The van der Waals surface area contributed by atoms with Crippen molar-refractivity contribution in [3.8, 4) is 0 Å². The van der Waals surface area contributed by atoms with Crippen molar-refractivity contribution in [2.45, 2.75) is 32.4 Å². The van der Waals surface area contributed by atoms with Crippen LogP contribution in [0.4, 0.5) is 5.69 Å². The minimum absolute atomic E-state index is 0.475. The number of thiocarbonyl (C=S) groups is 1. The molecule has 21 heavy (non-hydrogen) atoms. The third kappa shape index (κ3) is 3.33. The van der Waals surface area contributed by atoms with Gasteiger partial charge in [-0.3, -0.25) is 4.90 Å². The second-order valence-corrected chi connectivity index (χ2v) is 6.98. The van der Waals surface area contributed by atoms with Gasteiger partial charge >= 0.3 is 0 Å². The number of halogens is 1. The molecule has 1 aliphatic heterocycles. The molecule has 1 aromatic carbocycles. The summed E-state index contributed by atoms with van der Waals surface area (Å²) in [5.74, 6) is 0.887. The predicted molar refractivity (Wildman–Crippen MR) is 93.1 cm³/mol. The van der Waals surface area contributed by atoms with E-state index in [9.17, 15) is 0 Å². The Morgan fingerprint density at radius 2 is 2.19 bits per heavy atom. The predicted octanol–water partition coefficient (Wildman–Crippen LogP) is 3.26. The molecule has 1 heterocycles.